The van der Waals surface area contributed by atoms with Gasteiger partial charge in [-0.1, -0.05) is 0 Å². The molecule has 1 saturated heterocycles. The van der Waals surface area contributed by atoms with Crippen molar-refractivity contribution in [3.05, 3.63) is 0 Å². The predicted molar refractivity (Wildman–Crippen MR) is 61.3 cm³/mol. The van der Waals surface area contributed by atoms with Crippen LogP contribution < -0.4 is 0 Å². The lowest BCUT2D eigenvalue weighted by atomic mass is 10.1. The highest BCUT2D eigenvalue weighted by Gasteiger charge is 2.26. The first-order valence-electron chi connectivity index (χ1n) is 5.80. The molecule has 1 rings (SSSR count). The monoisotopic (exact) mass is 230 g/mol. The molecule has 0 spiro atoms. The summed E-state index contributed by atoms with van der Waals surface area (Å²) in [6.07, 6.45) is 1.44. The maximum absolute atomic E-state index is 11.4. The first-order valence-corrected chi connectivity index (χ1v) is 5.80. The quantitative estimate of drug-likeness (QED) is 0.717. The second-order valence-electron chi connectivity index (χ2n) is 4.56. The Balaban J connectivity index is 2.29. The molecule has 1 aliphatic rings. The minimum atomic E-state index is -0.215. The molecule has 1 fully saturated rings. The van der Waals surface area contributed by atoms with Crippen LogP contribution in [-0.4, -0.2) is 67.9 Å². The van der Waals surface area contributed by atoms with Crippen LogP contribution in [0.15, 0.2) is 0 Å². The molecule has 1 unspecified atom stereocenters. The zero-order valence-electron chi connectivity index (χ0n) is 10.2. The molecule has 5 nitrogen and oxygen atoms in total. The number of ether oxygens (including phenoxy) is 1. The third-order valence-corrected chi connectivity index (χ3v) is 2.75. The van der Waals surface area contributed by atoms with E-state index in [1.165, 1.54) is 0 Å². The molecule has 0 aromatic heterocycles. The van der Waals surface area contributed by atoms with Gasteiger partial charge in [-0.15, -0.1) is 0 Å². The number of hydrogen-bond acceptors (Lipinski definition) is 4. The smallest absolute Gasteiger partial charge is 0.409 e. The fourth-order valence-corrected chi connectivity index (χ4v) is 1.84. The normalized spacial score (nSPS) is 21.4. The summed E-state index contributed by atoms with van der Waals surface area (Å²) in [6.45, 7) is 3.03. The highest BCUT2D eigenvalue weighted by atomic mass is 16.6. The van der Waals surface area contributed by atoms with Gasteiger partial charge in [0, 0.05) is 25.6 Å². The van der Waals surface area contributed by atoms with Crippen molar-refractivity contribution in [3.8, 4) is 0 Å². The number of aliphatic hydroxyl groups is 1. The summed E-state index contributed by atoms with van der Waals surface area (Å²) >= 11 is 0. The summed E-state index contributed by atoms with van der Waals surface area (Å²) in [5.74, 6) is 0.280. The van der Waals surface area contributed by atoms with Crippen LogP contribution in [0.3, 0.4) is 0 Å². The van der Waals surface area contributed by atoms with Gasteiger partial charge in [-0.3, -0.25) is 0 Å². The molecule has 5 heteroatoms. The Kier molecular flexibility index (Phi) is 5.55. The van der Waals surface area contributed by atoms with Crippen LogP contribution in [0.4, 0.5) is 4.79 Å². The Morgan fingerprint density at radius 1 is 1.56 bits per heavy atom. The van der Waals surface area contributed by atoms with E-state index in [9.17, 15) is 4.79 Å². The number of aliphatic hydroxyl groups excluding tert-OH is 1. The average molecular weight is 230 g/mol. The molecule has 1 aliphatic heterocycles. The van der Waals surface area contributed by atoms with Crippen LogP contribution in [0.2, 0.25) is 0 Å². The zero-order valence-corrected chi connectivity index (χ0v) is 10.2. The Morgan fingerprint density at radius 2 is 2.31 bits per heavy atom. The number of amides is 1. The van der Waals surface area contributed by atoms with Crippen LogP contribution in [0.25, 0.3) is 0 Å². The number of carbonyl (C=O) groups excluding carboxylic acids is 1. The number of hydrogen-bond donors (Lipinski definition) is 1. The lowest BCUT2D eigenvalue weighted by molar-refractivity contribution is 0.0347. The summed E-state index contributed by atoms with van der Waals surface area (Å²) in [5.41, 5.74) is 0. The molecule has 0 radical (unpaired) electrons. The van der Waals surface area contributed by atoms with E-state index in [1.807, 2.05) is 14.1 Å². The topological polar surface area (TPSA) is 53.0 Å². The molecule has 1 atom stereocenters. The Morgan fingerprint density at radius 3 is 2.94 bits per heavy atom. The minimum Gasteiger partial charge on any atom is -0.449 e. The van der Waals surface area contributed by atoms with Crippen molar-refractivity contribution >= 4 is 6.09 Å². The number of cyclic esters (lactones) is 1. The van der Waals surface area contributed by atoms with Gasteiger partial charge < -0.3 is 19.6 Å². The zero-order chi connectivity index (χ0) is 12.0. The van der Waals surface area contributed by atoms with E-state index in [-0.39, 0.29) is 18.6 Å². The fourth-order valence-electron chi connectivity index (χ4n) is 1.84. The lowest BCUT2D eigenvalue weighted by Gasteiger charge is -2.32. The van der Waals surface area contributed by atoms with E-state index < -0.39 is 0 Å². The van der Waals surface area contributed by atoms with Crippen LogP contribution in [-0.2, 0) is 4.74 Å². The average Bonchev–Trinajstić information content (AvgIpc) is 2.22. The SMILES string of the molecule is CN(C)CCCN1CC(CCO)COC1=O. The van der Waals surface area contributed by atoms with Gasteiger partial charge in [-0.05, 0) is 33.5 Å². The third-order valence-electron chi connectivity index (χ3n) is 2.75. The van der Waals surface area contributed by atoms with E-state index >= 15 is 0 Å². The second-order valence-corrected chi connectivity index (χ2v) is 4.56. The molecule has 94 valence electrons. The van der Waals surface area contributed by atoms with Crippen LogP contribution >= 0.6 is 0 Å². The highest BCUT2D eigenvalue weighted by molar-refractivity contribution is 5.68. The number of rotatable bonds is 6. The fraction of sp³-hybridized carbons (Fsp3) is 0.909. The molecule has 1 N–H and O–H groups in total. The lowest BCUT2D eigenvalue weighted by Crippen LogP contribution is -2.44. The maximum atomic E-state index is 11.4. The van der Waals surface area contributed by atoms with Gasteiger partial charge in [0.25, 0.3) is 0 Å². The third kappa shape index (κ3) is 4.37. The molecular weight excluding hydrogens is 208 g/mol. The highest BCUT2D eigenvalue weighted by Crippen LogP contribution is 2.14. The van der Waals surface area contributed by atoms with Gasteiger partial charge >= 0.3 is 6.09 Å². The molecular formula is C11H22N2O3. The van der Waals surface area contributed by atoms with Crippen LogP contribution in [0.5, 0.6) is 0 Å². The largest absolute Gasteiger partial charge is 0.449 e. The Bertz CT molecular complexity index is 221. The molecule has 0 aliphatic carbocycles. The van der Waals surface area contributed by atoms with E-state index in [0.29, 0.717) is 19.6 Å². The van der Waals surface area contributed by atoms with Crippen molar-refractivity contribution in [2.24, 2.45) is 5.92 Å². The van der Waals surface area contributed by atoms with Crippen molar-refractivity contribution < 1.29 is 14.6 Å². The molecule has 1 heterocycles. The minimum absolute atomic E-state index is 0.160. The predicted octanol–water partition coefficient (Wildman–Crippen LogP) is 0.389. The van der Waals surface area contributed by atoms with Crippen molar-refractivity contribution in [1.82, 2.24) is 9.80 Å². The molecule has 16 heavy (non-hydrogen) atoms. The Labute approximate surface area is 97.0 Å². The molecule has 0 aromatic carbocycles. The van der Waals surface area contributed by atoms with E-state index in [0.717, 1.165) is 19.5 Å². The summed E-state index contributed by atoms with van der Waals surface area (Å²) in [5, 5.41) is 8.85. The van der Waals surface area contributed by atoms with Crippen molar-refractivity contribution in [2.75, 3.05) is 46.9 Å². The van der Waals surface area contributed by atoms with Crippen molar-refractivity contribution in [2.45, 2.75) is 12.8 Å². The van der Waals surface area contributed by atoms with Gasteiger partial charge in [0.2, 0.25) is 0 Å². The van der Waals surface area contributed by atoms with Gasteiger partial charge in [-0.25, -0.2) is 4.79 Å². The molecule has 0 saturated carbocycles. The van der Waals surface area contributed by atoms with Crippen molar-refractivity contribution in [3.63, 3.8) is 0 Å². The summed E-state index contributed by atoms with van der Waals surface area (Å²) in [4.78, 5) is 15.3. The summed E-state index contributed by atoms with van der Waals surface area (Å²) in [7, 11) is 4.03. The Hall–Kier alpha value is -0.810. The van der Waals surface area contributed by atoms with E-state index in [1.54, 1.807) is 4.90 Å². The number of nitrogens with zero attached hydrogens (tertiary/aromatic N) is 2. The van der Waals surface area contributed by atoms with Gasteiger partial charge in [0.05, 0.1) is 6.61 Å². The first kappa shape index (κ1) is 13.3. The van der Waals surface area contributed by atoms with Crippen LogP contribution in [0, 0.1) is 5.92 Å². The molecule has 1 amide bonds. The molecule has 0 aromatic rings. The molecule has 0 bridgehead atoms. The van der Waals surface area contributed by atoms with Gasteiger partial charge in [0.15, 0.2) is 0 Å². The maximum Gasteiger partial charge on any atom is 0.409 e. The number of carbonyl (C=O) groups is 1. The second kappa shape index (κ2) is 6.70. The standard InChI is InChI=1S/C11H22N2O3/c1-12(2)5-3-6-13-8-10(4-7-14)9-16-11(13)15/h10,14H,3-9H2,1-2H3. The first-order chi connectivity index (χ1) is 7.63. The van der Waals surface area contributed by atoms with Gasteiger partial charge in [-0.2, -0.15) is 0 Å². The summed E-state index contributed by atoms with van der Waals surface area (Å²) < 4.78 is 5.08. The van der Waals surface area contributed by atoms with E-state index in [2.05, 4.69) is 4.90 Å². The van der Waals surface area contributed by atoms with Crippen LogP contribution in [0.1, 0.15) is 12.8 Å². The summed E-state index contributed by atoms with van der Waals surface area (Å²) in [6, 6.07) is 0. The van der Waals surface area contributed by atoms with Gasteiger partial charge in [0.1, 0.15) is 0 Å². The van der Waals surface area contributed by atoms with E-state index in [4.69, 9.17) is 9.84 Å². The van der Waals surface area contributed by atoms with Crippen molar-refractivity contribution in [1.29, 1.82) is 0 Å².